The lowest BCUT2D eigenvalue weighted by Gasteiger charge is -2.18. The molecule has 0 unspecified atom stereocenters. The molecule has 3 rings (SSSR count). The number of amides is 3. The van der Waals surface area contributed by atoms with Gasteiger partial charge in [0.25, 0.3) is 5.91 Å². The van der Waals surface area contributed by atoms with E-state index in [1.54, 1.807) is 10.3 Å². The molecular weight excluding hydrogens is 362 g/mol. The second-order valence-corrected chi connectivity index (χ2v) is 6.31. The lowest BCUT2D eigenvalue weighted by Crippen LogP contribution is -2.38. The highest BCUT2D eigenvalue weighted by Gasteiger charge is 2.24. The Morgan fingerprint density at radius 2 is 2.20 bits per heavy atom. The zero-order valence-corrected chi connectivity index (χ0v) is 15.4. The number of carbonyl (C=O) groups excluding carboxylic acids is 2. The van der Waals surface area contributed by atoms with Crippen molar-refractivity contribution in [3.63, 3.8) is 0 Å². The van der Waals surface area contributed by atoms with Gasteiger partial charge in [-0.15, -0.1) is 23.7 Å². The van der Waals surface area contributed by atoms with Crippen molar-refractivity contribution in [3.05, 3.63) is 39.8 Å². The van der Waals surface area contributed by atoms with Crippen LogP contribution in [-0.2, 0) is 13.0 Å². The Labute approximate surface area is 156 Å². The molecule has 0 spiro atoms. The van der Waals surface area contributed by atoms with Gasteiger partial charge in [0.15, 0.2) is 0 Å². The molecule has 3 amide bonds. The van der Waals surface area contributed by atoms with E-state index in [-0.39, 0.29) is 24.3 Å². The van der Waals surface area contributed by atoms with Gasteiger partial charge in [0, 0.05) is 30.7 Å². The zero-order chi connectivity index (χ0) is 17.1. The van der Waals surface area contributed by atoms with E-state index >= 15 is 0 Å². The predicted octanol–water partition coefficient (Wildman–Crippen LogP) is 2.37. The van der Waals surface area contributed by atoms with Gasteiger partial charge in [-0.1, -0.05) is 6.07 Å². The Hall–Kier alpha value is -2.16. The highest BCUT2D eigenvalue weighted by Crippen LogP contribution is 2.31. The minimum absolute atomic E-state index is 0. The third-order valence-electron chi connectivity index (χ3n) is 3.77. The molecule has 0 saturated heterocycles. The molecule has 1 aromatic heterocycles. The van der Waals surface area contributed by atoms with E-state index in [1.165, 1.54) is 11.3 Å². The first-order valence-corrected chi connectivity index (χ1v) is 8.64. The smallest absolute Gasteiger partial charge is 0.321 e. The highest BCUT2D eigenvalue weighted by molar-refractivity contribution is 7.09. The molecule has 0 atom stereocenters. The van der Waals surface area contributed by atoms with Crippen LogP contribution in [0.15, 0.2) is 23.6 Å². The van der Waals surface area contributed by atoms with E-state index in [0.29, 0.717) is 31.0 Å². The Balaban J connectivity index is 0.00000225. The van der Waals surface area contributed by atoms with Gasteiger partial charge >= 0.3 is 6.03 Å². The monoisotopic (exact) mass is 381 g/mol. The summed E-state index contributed by atoms with van der Waals surface area (Å²) in [6.07, 6.45) is 0.812. The third-order valence-corrected chi connectivity index (χ3v) is 4.64. The first-order valence-electron chi connectivity index (χ1n) is 7.76. The number of fused-ring (bicyclic) bond motifs is 1. The average molecular weight is 382 g/mol. The number of hydrogen-bond donors (Lipinski definition) is 3. The van der Waals surface area contributed by atoms with Crippen molar-refractivity contribution in [2.75, 3.05) is 23.3 Å². The average Bonchev–Trinajstić information content (AvgIpc) is 3.21. The molecule has 134 valence electrons. The number of rotatable bonds is 4. The highest BCUT2D eigenvalue weighted by atomic mass is 35.5. The van der Waals surface area contributed by atoms with Crippen molar-refractivity contribution in [1.82, 2.24) is 10.3 Å². The molecule has 0 aliphatic carbocycles. The fourth-order valence-corrected chi connectivity index (χ4v) is 3.27. The van der Waals surface area contributed by atoms with Gasteiger partial charge in [-0.2, -0.15) is 0 Å². The molecule has 0 saturated carbocycles. The summed E-state index contributed by atoms with van der Waals surface area (Å²) in [6, 6.07) is 5.49. The Morgan fingerprint density at radius 1 is 1.40 bits per heavy atom. The van der Waals surface area contributed by atoms with E-state index in [4.69, 9.17) is 5.73 Å². The maximum absolute atomic E-state index is 12.3. The molecule has 0 bridgehead atoms. The quantitative estimate of drug-likeness (QED) is 0.756. The maximum Gasteiger partial charge on any atom is 0.321 e. The van der Waals surface area contributed by atoms with Gasteiger partial charge in [-0.05, 0) is 31.0 Å². The molecule has 1 aromatic carbocycles. The van der Waals surface area contributed by atoms with E-state index in [1.807, 2.05) is 25.1 Å². The first-order chi connectivity index (χ1) is 11.6. The number of nitrogens with two attached hydrogens (primary N) is 1. The lowest BCUT2D eigenvalue weighted by atomic mass is 10.1. The molecule has 2 heterocycles. The third kappa shape index (κ3) is 4.09. The fraction of sp³-hybridized carbons (Fsp3) is 0.312. The van der Waals surface area contributed by atoms with Gasteiger partial charge in [-0.3, -0.25) is 9.69 Å². The molecular formula is C16H20ClN5O2S. The van der Waals surface area contributed by atoms with Crippen LogP contribution in [0.1, 0.15) is 28.0 Å². The summed E-state index contributed by atoms with van der Waals surface area (Å²) in [4.78, 5) is 30.2. The van der Waals surface area contributed by atoms with Crippen LogP contribution in [0.3, 0.4) is 0 Å². The standard InChI is InChI=1S/C16H19N5O2S.ClH/c1-2-18-16(23)21-6-5-10-3-4-11(7-13(10)21)19-15(22)12-9-24-14(8-17)20-12;/h3-4,7,9H,2,5-6,8,17H2,1H3,(H,18,23)(H,19,22);1H. The van der Waals surface area contributed by atoms with Crippen molar-refractivity contribution in [2.24, 2.45) is 5.73 Å². The Morgan fingerprint density at radius 3 is 2.88 bits per heavy atom. The van der Waals surface area contributed by atoms with Crippen LogP contribution in [0, 0.1) is 0 Å². The SMILES string of the molecule is CCNC(=O)N1CCc2ccc(NC(=O)c3csc(CN)n3)cc21.Cl. The summed E-state index contributed by atoms with van der Waals surface area (Å²) >= 11 is 1.36. The van der Waals surface area contributed by atoms with Gasteiger partial charge in [0.05, 0.1) is 5.69 Å². The summed E-state index contributed by atoms with van der Waals surface area (Å²) in [5.41, 5.74) is 8.43. The zero-order valence-electron chi connectivity index (χ0n) is 13.7. The normalized spacial score (nSPS) is 12.3. The van der Waals surface area contributed by atoms with Gasteiger partial charge < -0.3 is 16.4 Å². The number of carbonyl (C=O) groups is 2. The topological polar surface area (TPSA) is 100 Å². The summed E-state index contributed by atoms with van der Waals surface area (Å²) in [5, 5.41) is 8.03. The first kappa shape index (κ1) is 19.2. The summed E-state index contributed by atoms with van der Waals surface area (Å²) < 4.78 is 0. The molecule has 1 aliphatic rings. The van der Waals surface area contributed by atoms with Crippen molar-refractivity contribution in [2.45, 2.75) is 19.9 Å². The number of halogens is 1. The molecule has 4 N–H and O–H groups in total. The van der Waals surface area contributed by atoms with Crippen LogP contribution in [0.5, 0.6) is 0 Å². The van der Waals surface area contributed by atoms with Crippen molar-refractivity contribution in [1.29, 1.82) is 0 Å². The van der Waals surface area contributed by atoms with Crippen molar-refractivity contribution < 1.29 is 9.59 Å². The minimum atomic E-state index is -0.284. The summed E-state index contributed by atoms with van der Waals surface area (Å²) in [5.74, 6) is -0.284. The molecule has 0 radical (unpaired) electrons. The Bertz CT molecular complexity index is 780. The van der Waals surface area contributed by atoms with Crippen LogP contribution in [0.25, 0.3) is 0 Å². The molecule has 7 nitrogen and oxygen atoms in total. The van der Waals surface area contributed by atoms with Crippen molar-refractivity contribution in [3.8, 4) is 0 Å². The summed E-state index contributed by atoms with van der Waals surface area (Å²) in [6.45, 7) is 3.42. The number of anilines is 2. The fourth-order valence-electron chi connectivity index (χ4n) is 2.62. The molecule has 9 heteroatoms. The molecule has 0 fully saturated rings. The van der Waals surface area contributed by atoms with E-state index in [2.05, 4.69) is 15.6 Å². The van der Waals surface area contributed by atoms with Crippen LogP contribution < -0.4 is 21.3 Å². The van der Waals surface area contributed by atoms with E-state index in [0.717, 1.165) is 22.7 Å². The van der Waals surface area contributed by atoms with E-state index in [9.17, 15) is 9.59 Å². The van der Waals surface area contributed by atoms with Gasteiger partial charge in [0.2, 0.25) is 0 Å². The number of urea groups is 1. The number of hydrogen-bond acceptors (Lipinski definition) is 5. The second-order valence-electron chi connectivity index (χ2n) is 5.37. The number of nitrogens with zero attached hydrogens (tertiary/aromatic N) is 2. The van der Waals surface area contributed by atoms with Crippen LogP contribution in [0.2, 0.25) is 0 Å². The molecule has 1 aliphatic heterocycles. The van der Waals surface area contributed by atoms with Crippen molar-refractivity contribution >= 4 is 47.1 Å². The van der Waals surface area contributed by atoms with Crippen LogP contribution in [-0.4, -0.2) is 30.0 Å². The van der Waals surface area contributed by atoms with Gasteiger partial charge in [0.1, 0.15) is 10.7 Å². The molecule has 2 aromatic rings. The van der Waals surface area contributed by atoms with Crippen LogP contribution in [0.4, 0.5) is 16.2 Å². The second kappa shape index (κ2) is 8.28. The molecule has 25 heavy (non-hydrogen) atoms. The Kier molecular flexibility index (Phi) is 6.35. The lowest BCUT2D eigenvalue weighted by molar-refractivity contribution is 0.102. The maximum atomic E-state index is 12.3. The predicted molar refractivity (Wildman–Crippen MR) is 102 cm³/mol. The van der Waals surface area contributed by atoms with Gasteiger partial charge in [-0.25, -0.2) is 9.78 Å². The summed E-state index contributed by atoms with van der Waals surface area (Å²) in [7, 11) is 0. The number of thiazole rings is 1. The number of benzene rings is 1. The number of aromatic nitrogens is 1. The van der Waals surface area contributed by atoms with Crippen LogP contribution >= 0.6 is 23.7 Å². The number of nitrogens with one attached hydrogen (secondary N) is 2. The van der Waals surface area contributed by atoms with E-state index < -0.39 is 0 Å². The largest absolute Gasteiger partial charge is 0.338 e. The minimum Gasteiger partial charge on any atom is -0.338 e.